The quantitative estimate of drug-likeness (QED) is 0.298. The van der Waals surface area contributed by atoms with Crippen LogP contribution in [0.4, 0.5) is 8.78 Å². The first-order chi connectivity index (χ1) is 18.3. The molecule has 0 unspecified atom stereocenters. The number of aryl methyl sites for hydroxylation is 1. The van der Waals surface area contributed by atoms with E-state index < -0.39 is 22.8 Å². The average molecular weight is 560 g/mol. The molecule has 39 heavy (non-hydrogen) atoms. The topological polar surface area (TPSA) is 115 Å². The van der Waals surface area contributed by atoms with E-state index in [9.17, 15) is 18.7 Å². The number of aliphatic hydroxyl groups is 1. The van der Waals surface area contributed by atoms with E-state index in [1.165, 1.54) is 16.7 Å². The molecule has 0 spiro atoms. The Morgan fingerprint density at radius 2 is 2.08 bits per heavy atom. The Morgan fingerprint density at radius 3 is 2.67 bits per heavy atom. The van der Waals surface area contributed by atoms with E-state index in [0.29, 0.717) is 34.6 Å². The molecule has 8 nitrogen and oxygen atoms in total. The first kappa shape index (κ1) is 29.9. The number of ether oxygens (including phenoxy) is 1. The summed E-state index contributed by atoms with van der Waals surface area (Å²) in [6, 6.07) is 2.23. The van der Waals surface area contributed by atoms with Crippen molar-refractivity contribution in [1.29, 1.82) is 0 Å². The summed E-state index contributed by atoms with van der Waals surface area (Å²) in [5, 5.41) is 9.87. The predicted molar refractivity (Wildman–Crippen MR) is 150 cm³/mol. The third-order valence-corrected chi connectivity index (χ3v) is 6.36. The van der Waals surface area contributed by atoms with Crippen LogP contribution in [0, 0.1) is 24.5 Å². The fourth-order valence-electron chi connectivity index (χ4n) is 3.58. The molecule has 0 radical (unpaired) electrons. The summed E-state index contributed by atoms with van der Waals surface area (Å²) in [5.74, 6) is -1.33. The second-order valence-corrected chi connectivity index (χ2v) is 10.1. The van der Waals surface area contributed by atoms with Crippen molar-refractivity contribution in [3.8, 4) is 5.75 Å². The van der Waals surface area contributed by atoms with E-state index in [1.54, 1.807) is 40.0 Å². The van der Waals surface area contributed by atoms with Gasteiger partial charge in [0.1, 0.15) is 35.6 Å². The van der Waals surface area contributed by atoms with Crippen LogP contribution in [0.3, 0.4) is 0 Å². The number of nitrogens with two attached hydrogens (primary N) is 1. The molecule has 2 heterocycles. The Hall–Kier alpha value is -3.63. The summed E-state index contributed by atoms with van der Waals surface area (Å²) in [4.78, 5) is 25.7. The van der Waals surface area contributed by atoms with Gasteiger partial charge in [-0.15, -0.1) is 0 Å². The second kappa shape index (κ2) is 12.5. The molecule has 11 heteroatoms. The number of hydrogen-bond donors (Lipinski definition) is 2. The predicted octanol–water partition coefficient (Wildman–Crippen LogP) is 4.97. The molecule has 0 atom stereocenters. The van der Waals surface area contributed by atoms with Gasteiger partial charge in [0.25, 0.3) is 5.56 Å². The Labute approximate surface area is 230 Å². The molecule has 0 amide bonds. The molecular formula is C28H32ClF2N5O3. The second-order valence-electron chi connectivity index (χ2n) is 9.72. The molecule has 3 N–H and O–H groups in total. The molecule has 2 aromatic rings. The van der Waals surface area contributed by atoms with Crippen LogP contribution in [0.5, 0.6) is 5.75 Å². The van der Waals surface area contributed by atoms with Crippen LogP contribution in [-0.4, -0.2) is 38.9 Å². The Kier molecular flexibility index (Phi) is 9.58. The molecule has 0 saturated heterocycles. The normalized spacial score (nSPS) is 15.5. The summed E-state index contributed by atoms with van der Waals surface area (Å²) >= 11 is 6.30. The third-order valence-electron chi connectivity index (χ3n) is 6.01. The maximum Gasteiger partial charge on any atom is 0.277 e. The van der Waals surface area contributed by atoms with Gasteiger partial charge in [-0.25, -0.2) is 8.78 Å². The molecule has 0 aromatic carbocycles. The highest BCUT2D eigenvalue weighted by Crippen LogP contribution is 2.32. The van der Waals surface area contributed by atoms with Gasteiger partial charge in [0.2, 0.25) is 0 Å². The van der Waals surface area contributed by atoms with Gasteiger partial charge in [-0.05, 0) is 58.3 Å². The van der Waals surface area contributed by atoms with E-state index in [4.69, 9.17) is 22.1 Å². The number of aromatic nitrogens is 2. The minimum atomic E-state index is -1.14. The lowest BCUT2D eigenvalue weighted by Gasteiger charge is -2.18. The van der Waals surface area contributed by atoms with Crippen LogP contribution >= 0.6 is 11.6 Å². The standard InChI is InChI=1S/C28H32ClF2N5O3/c1-6-23(16(2)12-33-15-35-21(18-7-8-18)11-25(32)28(4,5)38)36-17(3)9-24(26(29)27(36)37)39-14-22-20(31)10-19(30)13-34-22/h6,9-13,18,38H,1,7-8,14-15,32H2,2-5H3/b23-16+,25-11?,33-12?,35-21?. The van der Waals surface area contributed by atoms with E-state index in [0.717, 1.165) is 24.8 Å². The molecule has 0 bridgehead atoms. The van der Waals surface area contributed by atoms with Gasteiger partial charge in [-0.2, -0.15) is 0 Å². The van der Waals surface area contributed by atoms with Crippen LogP contribution in [-0.2, 0) is 6.61 Å². The van der Waals surface area contributed by atoms with E-state index in [-0.39, 0.29) is 29.7 Å². The maximum absolute atomic E-state index is 13.9. The fraction of sp³-hybridized carbons (Fsp3) is 0.357. The van der Waals surface area contributed by atoms with Crippen LogP contribution in [0.15, 0.2) is 63.1 Å². The first-order valence-electron chi connectivity index (χ1n) is 12.3. The highest BCUT2D eigenvalue weighted by atomic mass is 35.5. The molecule has 1 fully saturated rings. The zero-order chi connectivity index (χ0) is 28.9. The van der Waals surface area contributed by atoms with Crippen LogP contribution in [0.1, 0.15) is 45.0 Å². The van der Waals surface area contributed by atoms with E-state index in [1.807, 2.05) is 0 Å². The van der Waals surface area contributed by atoms with Crippen molar-refractivity contribution in [2.75, 3.05) is 6.67 Å². The van der Waals surface area contributed by atoms with Crippen molar-refractivity contribution >= 4 is 29.2 Å². The smallest absolute Gasteiger partial charge is 0.277 e. The van der Waals surface area contributed by atoms with Crippen molar-refractivity contribution in [2.45, 2.75) is 52.7 Å². The number of halogens is 3. The lowest BCUT2D eigenvalue weighted by atomic mass is 10.0. The zero-order valence-corrected chi connectivity index (χ0v) is 23.1. The first-order valence-corrected chi connectivity index (χ1v) is 12.6. The minimum Gasteiger partial charge on any atom is -0.485 e. The number of aliphatic imine (C=N–C) groups is 2. The van der Waals surface area contributed by atoms with Gasteiger partial charge >= 0.3 is 0 Å². The number of nitrogens with zero attached hydrogens (tertiary/aromatic N) is 4. The van der Waals surface area contributed by atoms with Gasteiger partial charge in [-0.1, -0.05) is 18.2 Å². The molecule has 3 rings (SSSR count). The van der Waals surface area contributed by atoms with E-state index >= 15 is 0 Å². The Balaban J connectivity index is 1.82. The molecule has 1 saturated carbocycles. The zero-order valence-electron chi connectivity index (χ0n) is 22.3. The van der Waals surface area contributed by atoms with Gasteiger partial charge < -0.3 is 15.6 Å². The largest absolute Gasteiger partial charge is 0.485 e. The molecule has 0 aliphatic heterocycles. The molecular weight excluding hydrogens is 528 g/mol. The van der Waals surface area contributed by atoms with Gasteiger partial charge in [-0.3, -0.25) is 24.3 Å². The molecule has 1 aliphatic carbocycles. The summed E-state index contributed by atoms with van der Waals surface area (Å²) < 4.78 is 33.9. The van der Waals surface area contributed by atoms with Crippen molar-refractivity contribution in [1.82, 2.24) is 9.55 Å². The van der Waals surface area contributed by atoms with Gasteiger partial charge in [0, 0.05) is 41.4 Å². The maximum atomic E-state index is 13.9. The van der Waals surface area contributed by atoms with E-state index in [2.05, 4.69) is 21.5 Å². The minimum absolute atomic E-state index is 0.0380. The van der Waals surface area contributed by atoms with Crippen molar-refractivity contribution in [2.24, 2.45) is 21.6 Å². The lowest BCUT2D eigenvalue weighted by Crippen LogP contribution is -2.28. The lowest BCUT2D eigenvalue weighted by molar-refractivity contribution is 0.118. The highest BCUT2D eigenvalue weighted by molar-refractivity contribution is 6.31. The monoisotopic (exact) mass is 559 g/mol. The summed E-state index contributed by atoms with van der Waals surface area (Å²) in [6.07, 6.45) is 7.70. The van der Waals surface area contributed by atoms with Gasteiger partial charge in [0.05, 0.1) is 17.5 Å². The summed E-state index contributed by atoms with van der Waals surface area (Å²) in [6.45, 7) is 10.3. The molecule has 2 aromatic heterocycles. The molecule has 1 aliphatic rings. The van der Waals surface area contributed by atoms with Crippen molar-refractivity contribution < 1.29 is 18.6 Å². The summed E-state index contributed by atoms with van der Waals surface area (Å²) in [5.41, 5.74) is 6.86. The van der Waals surface area contributed by atoms with Crippen LogP contribution in [0.2, 0.25) is 5.02 Å². The number of hydrogen-bond acceptors (Lipinski definition) is 7. The third kappa shape index (κ3) is 7.70. The Morgan fingerprint density at radius 1 is 1.38 bits per heavy atom. The number of allylic oxidation sites excluding steroid dienone is 4. The SMILES string of the molecule is C=C/C(=C(/C)C=NCN=C(C=C(N)C(C)(C)O)C1CC1)n1c(C)cc(OCc2ncc(F)cc2F)c(Cl)c1=O. The Bertz CT molecular complexity index is 1430. The van der Waals surface area contributed by atoms with Crippen molar-refractivity contribution in [3.05, 3.63) is 86.7 Å². The average Bonchev–Trinajstić information content (AvgIpc) is 3.70. The number of rotatable bonds is 11. The van der Waals surface area contributed by atoms with Gasteiger partial charge in [0.15, 0.2) is 5.82 Å². The van der Waals surface area contributed by atoms with Crippen LogP contribution in [0.25, 0.3) is 5.70 Å². The van der Waals surface area contributed by atoms with Crippen LogP contribution < -0.4 is 16.0 Å². The number of pyridine rings is 2. The van der Waals surface area contributed by atoms with Crippen molar-refractivity contribution in [3.63, 3.8) is 0 Å². The fourth-order valence-corrected chi connectivity index (χ4v) is 3.78. The summed E-state index contributed by atoms with van der Waals surface area (Å²) in [7, 11) is 0. The highest BCUT2D eigenvalue weighted by Gasteiger charge is 2.28. The molecule has 208 valence electrons.